The van der Waals surface area contributed by atoms with Crippen LogP contribution in [0.3, 0.4) is 0 Å². The Balaban J connectivity index is 1.95. The molecular formula is C15H27N3O. The van der Waals surface area contributed by atoms with Gasteiger partial charge in [-0.3, -0.25) is 4.68 Å². The fraction of sp³-hybridized carbons (Fsp3) is 0.800. The molecule has 0 amide bonds. The fourth-order valence-electron chi connectivity index (χ4n) is 2.90. The van der Waals surface area contributed by atoms with Crippen LogP contribution in [0.2, 0.25) is 0 Å². The van der Waals surface area contributed by atoms with Crippen LogP contribution >= 0.6 is 0 Å². The van der Waals surface area contributed by atoms with Crippen molar-refractivity contribution in [3.8, 4) is 0 Å². The summed E-state index contributed by atoms with van der Waals surface area (Å²) in [6.07, 6.45) is 6.35. The number of hydrogen-bond acceptors (Lipinski definition) is 3. The van der Waals surface area contributed by atoms with E-state index in [4.69, 9.17) is 4.74 Å². The van der Waals surface area contributed by atoms with Crippen LogP contribution in [0.1, 0.15) is 50.9 Å². The molecular weight excluding hydrogens is 238 g/mol. The molecule has 1 aromatic rings. The maximum atomic E-state index is 6.15. The highest BCUT2D eigenvalue weighted by molar-refractivity contribution is 5.09. The first-order valence-corrected chi connectivity index (χ1v) is 7.62. The van der Waals surface area contributed by atoms with E-state index < -0.39 is 0 Å². The van der Waals surface area contributed by atoms with Gasteiger partial charge in [-0.2, -0.15) is 5.10 Å². The van der Waals surface area contributed by atoms with Gasteiger partial charge in [-0.05, 0) is 39.3 Å². The zero-order valence-corrected chi connectivity index (χ0v) is 12.5. The van der Waals surface area contributed by atoms with Gasteiger partial charge in [0.05, 0.1) is 24.1 Å². The molecule has 19 heavy (non-hydrogen) atoms. The number of nitrogens with one attached hydrogen (secondary N) is 1. The van der Waals surface area contributed by atoms with Gasteiger partial charge in [0.2, 0.25) is 0 Å². The molecule has 0 spiro atoms. The van der Waals surface area contributed by atoms with E-state index in [1.807, 2.05) is 7.05 Å². The van der Waals surface area contributed by atoms with E-state index in [0.717, 1.165) is 18.7 Å². The van der Waals surface area contributed by atoms with Crippen LogP contribution in [0.15, 0.2) is 6.07 Å². The van der Waals surface area contributed by atoms with E-state index in [2.05, 4.69) is 35.0 Å². The molecule has 1 aliphatic rings. The van der Waals surface area contributed by atoms with Crippen molar-refractivity contribution in [2.45, 2.75) is 71.2 Å². The largest absolute Gasteiger partial charge is 0.370 e. The fourth-order valence-corrected chi connectivity index (χ4v) is 2.90. The van der Waals surface area contributed by atoms with Gasteiger partial charge in [0.15, 0.2) is 0 Å². The van der Waals surface area contributed by atoms with Crippen LogP contribution in [0.25, 0.3) is 0 Å². The Hall–Kier alpha value is -0.870. The molecule has 1 heterocycles. The Kier molecular flexibility index (Phi) is 5.40. The van der Waals surface area contributed by atoms with Crippen molar-refractivity contribution in [2.75, 3.05) is 7.05 Å². The summed E-state index contributed by atoms with van der Waals surface area (Å²) in [5.41, 5.74) is 2.37. The maximum absolute atomic E-state index is 6.15. The second kappa shape index (κ2) is 7.06. The summed E-state index contributed by atoms with van der Waals surface area (Å²) in [6, 6.07) is 2.69. The minimum atomic E-state index is 0.351. The van der Waals surface area contributed by atoms with Gasteiger partial charge in [-0.1, -0.05) is 19.8 Å². The van der Waals surface area contributed by atoms with E-state index in [1.165, 1.54) is 31.4 Å². The van der Waals surface area contributed by atoms with Gasteiger partial charge in [-0.25, -0.2) is 0 Å². The summed E-state index contributed by atoms with van der Waals surface area (Å²) in [4.78, 5) is 0. The number of aryl methyl sites for hydroxylation is 2. The standard InChI is InChI=1S/C15H27N3O/c1-4-12-10-13(18(5-2)17-12)11-19-15-9-7-6-8-14(15)16-3/h10,14-16H,4-9,11H2,1-3H3. The van der Waals surface area contributed by atoms with Crippen LogP contribution in [-0.4, -0.2) is 29.0 Å². The molecule has 1 aromatic heterocycles. The predicted octanol–water partition coefficient (Wildman–Crippen LogP) is 2.51. The minimum Gasteiger partial charge on any atom is -0.370 e. The lowest BCUT2D eigenvalue weighted by Gasteiger charge is -2.31. The van der Waals surface area contributed by atoms with Crippen molar-refractivity contribution in [1.29, 1.82) is 0 Å². The van der Waals surface area contributed by atoms with Gasteiger partial charge in [-0.15, -0.1) is 0 Å². The Morgan fingerprint density at radius 3 is 2.84 bits per heavy atom. The zero-order chi connectivity index (χ0) is 13.7. The van der Waals surface area contributed by atoms with Crippen LogP contribution in [0.5, 0.6) is 0 Å². The topological polar surface area (TPSA) is 39.1 Å². The van der Waals surface area contributed by atoms with Crippen molar-refractivity contribution in [1.82, 2.24) is 15.1 Å². The molecule has 108 valence electrons. The van der Waals surface area contributed by atoms with Crippen molar-refractivity contribution in [2.24, 2.45) is 0 Å². The number of rotatable bonds is 6. The van der Waals surface area contributed by atoms with Crippen LogP contribution in [0.4, 0.5) is 0 Å². The first-order chi connectivity index (χ1) is 9.28. The van der Waals surface area contributed by atoms with Gasteiger partial charge < -0.3 is 10.1 Å². The summed E-state index contributed by atoms with van der Waals surface area (Å²) in [7, 11) is 2.04. The normalized spacial score (nSPS) is 23.7. The minimum absolute atomic E-state index is 0.351. The molecule has 1 saturated carbocycles. The van der Waals surface area contributed by atoms with E-state index >= 15 is 0 Å². The highest BCUT2D eigenvalue weighted by atomic mass is 16.5. The van der Waals surface area contributed by atoms with Crippen LogP contribution in [-0.2, 0) is 24.3 Å². The van der Waals surface area contributed by atoms with Gasteiger partial charge in [0.1, 0.15) is 0 Å². The van der Waals surface area contributed by atoms with E-state index in [1.54, 1.807) is 0 Å². The third-order valence-electron chi connectivity index (χ3n) is 4.09. The molecule has 4 nitrogen and oxygen atoms in total. The molecule has 1 fully saturated rings. The number of aromatic nitrogens is 2. The smallest absolute Gasteiger partial charge is 0.0889 e. The number of likely N-dealkylation sites (N-methyl/N-ethyl adjacent to an activating group) is 1. The molecule has 0 aliphatic heterocycles. The summed E-state index contributed by atoms with van der Waals surface area (Å²) < 4.78 is 8.22. The van der Waals surface area contributed by atoms with Crippen LogP contribution < -0.4 is 5.32 Å². The van der Waals surface area contributed by atoms with E-state index in [0.29, 0.717) is 18.8 Å². The third-order valence-corrected chi connectivity index (χ3v) is 4.09. The average Bonchev–Trinajstić information content (AvgIpc) is 2.87. The van der Waals surface area contributed by atoms with E-state index in [-0.39, 0.29) is 0 Å². The Labute approximate surface area is 116 Å². The molecule has 1 N–H and O–H groups in total. The van der Waals surface area contributed by atoms with Crippen molar-refractivity contribution < 1.29 is 4.74 Å². The predicted molar refractivity (Wildman–Crippen MR) is 77.2 cm³/mol. The number of nitrogens with zero attached hydrogens (tertiary/aromatic N) is 2. The first-order valence-electron chi connectivity index (χ1n) is 7.62. The average molecular weight is 265 g/mol. The van der Waals surface area contributed by atoms with Gasteiger partial charge in [0.25, 0.3) is 0 Å². The summed E-state index contributed by atoms with van der Waals surface area (Å²) in [5, 5.41) is 7.96. The molecule has 0 bridgehead atoms. The van der Waals surface area contributed by atoms with Crippen molar-refractivity contribution >= 4 is 0 Å². The molecule has 2 rings (SSSR count). The number of hydrogen-bond donors (Lipinski definition) is 1. The Morgan fingerprint density at radius 1 is 1.37 bits per heavy atom. The number of ether oxygens (including phenoxy) is 1. The molecule has 0 saturated heterocycles. The monoisotopic (exact) mass is 265 g/mol. The van der Waals surface area contributed by atoms with Gasteiger partial charge >= 0.3 is 0 Å². The van der Waals surface area contributed by atoms with Gasteiger partial charge in [0, 0.05) is 12.6 Å². The molecule has 0 radical (unpaired) electrons. The summed E-state index contributed by atoms with van der Waals surface area (Å²) >= 11 is 0. The molecule has 2 unspecified atom stereocenters. The third kappa shape index (κ3) is 3.57. The first kappa shape index (κ1) is 14.5. The van der Waals surface area contributed by atoms with Crippen molar-refractivity contribution in [3.05, 3.63) is 17.5 Å². The van der Waals surface area contributed by atoms with E-state index in [9.17, 15) is 0 Å². The lowest BCUT2D eigenvalue weighted by molar-refractivity contribution is -0.00643. The lowest BCUT2D eigenvalue weighted by Crippen LogP contribution is -2.41. The maximum Gasteiger partial charge on any atom is 0.0889 e. The SMILES string of the molecule is CCc1cc(COC2CCCCC2NC)n(CC)n1. The highest BCUT2D eigenvalue weighted by Crippen LogP contribution is 2.22. The lowest BCUT2D eigenvalue weighted by atomic mass is 9.92. The molecule has 0 aromatic carbocycles. The van der Waals surface area contributed by atoms with Crippen LogP contribution in [0, 0.1) is 0 Å². The second-order valence-corrected chi connectivity index (χ2v) is 5.33. The Morgan fingerprint density at radius 2 is 2.16 bits per heavy atom. The Bertz CT molecular complexity index is 389. The van der Waals surface area contributed by atoms with Crippen molar-refractivity contribution in [3.63, 3.8) is 0 Å². The highest BCUT2D eigenvalue weighted by Gasteiger charge is 2.24. The second-order valence-electron chi connectivity index (χ2n) is 5.33. The molecule has 1 aliphatic carbocycles. The molecule has 2 atom stereocenters. The zero-order valence-electron chi connectivity index (χ0n) is 12.5. The summed E-state index contributed by atoms with van der Waals surface area (Å²) in [6.45, 7) is 5.88. The summed E-state index contributed by atoms with van der Waals surface area (Å²) in [5.74, 6) is 0. The molecule has 4 heteroatoms. The quantitative estimate of drug-likeness (QED) is 0.859.